The van der Waals surface area contributed by atoms with Crippen molar-refractivity contribution in [2.75, 3.05) is 0 Å². The van der Waals surface area contributed by atoms with Crippen molar-refractivity contribution in [1.29, 1.82) is 0 Å². The van der Waals surface area contributed by atoms with Crippen LogP contribution in [0.1, 0.15) is 52.9 Å². The minimum absolute atomic E-state index is 0.261. The fourth-order valence-corrected chi connectivity index (χ4v) is 4.19. The largest absolute Gasteiger partial charge is 0.477 e. The van der Waals surface area contributed by atoms with Crippen molar-refractivity contribution in [3.63, 3.8) is 0 Å². The molecule has 1 aliphatic carbocycles. The van der Waals surface area contributed by atoms with Crippen LogP contribution in [0.25, 0.3) is 11.3 Å². The first kappa shape index (κ1) is 20.7. The maximum atomic E-state index is 12.8. The Kier molecular flexibility index (Phi) is 5.72. The molecule has 154 valence electrons. The van der Waals surface area contributed by atoms with Crippen molar-refractivity contribution in [1.82, 2.24) is 4.57 Å². The number of carbonyl (C=O) groups is 1. The molecule has 1 fully saturated rings. The molecule has 0 spiro atoms. The molecule has 0 radical (unpaired) electrons. The molecule has 4 rings (SSSR count). The Bertz CT molecular complexity index is 1180. The monoisotopic (exact) mass is 441 g/mol. The predicted molar refractivity (Wildman–Crippen MR) is 120 cm³/mol. The molecule has 0 aliphatic heterocycles. The van der Waals surface area contributed by atoms with Gasteiger partial charge in [0.15, 0.2) is 5.43 Å². The zero-order valence-corrected chi connectivity index (χ0v) is 18.0. The van der Waals surface area contributed by atoms with Gasteiger partial charge in [0, 0.05) is 30.3 Å². The van der Waals surface area contributed by atoms with E-state index in [0.717, 1.165) is 11.3 Å². The fourth-order valence-electron chi connectivity index (χ4n) is 3.89. The number of aromatic nitrogens is 1. The van der Waals surface area contributed by atoms with E-state index in [1.54, 1.807) is 18.2 Å². The minimum Gasteiger partial charge on any atom is -0.477 e. The number of pyridine rings is 1. The highest BCUT2D eigenvalue weighted by Crippen LogP contribution is 2.40. The van der Waals surface area contributed by atoms with Crippen molar-refractivity contribution < 1.29 is 9.90 Å². The van der Waals surface area contributed by atoms with Gasteiger partial charge in [-0.15, -0.1) is 0 Å². The Balaban J connectivity index is 1.84. The smallest absolute Gasteiger partial charge is 0.341 e. The van der Waals surface area contributed by atoms with Gasteiger partial charge in [0.1, 0.15) is 5.56 Å². The van der Waals surface area contributed by atoms with Gasteiger partial charge in [-0.3, -0.25) is 4.79 Å². The average Bonchev–Trinajstić information content (AvgIpc) is 3.55. The number of carboxylic acids is 1. The van der Waals surface area contributed by atoms with Crippen molar-refractivity contribution in [2.24, 2.45) is 0 Å². The number of carboxylic acid groups (broad SMARTS) is 1. The van der Waals surface area contributed by atoms with E-state index < -0.39 is 11.4 Å². The Hall–Kier alpha value is -2.56. The Labute approximate surface area is 184 Å². The molecular formula is C24H21Cl2NO3. The third-order valence-electron chi connectivity index (χ3n) is 5.53. The summed E-state index contributed by atoms with van der Waals surface area (Å²) in [7, 11) is 0. The lowest BCUT2D eigenvalue weighted by Gasteiger charge is -2.20. The summed E-state index contributed by atoms with van der Waals surface area (Å²) >= 11 is 12.2. The fraction of sp³-hybridized carbons (Fsp3) is 0.250. The van der Waals surface area contributed by atoms with Crippen molar-refractivity contribution >= 4 is 29.2 Å². The summed E-state index contributed by atoms with van der Waals surface area (Å²) in [4.78, 5) is 24.7. The molecule has 4 nitrogen and oxygen atoms in total. The molecule has 3 aromatic rings. The molecule has 0 saturated heterocycles. The predicted octanol–water partition coefficient (Wildman–Crippen LogP) is 6.01. The van der Waals surface area contributed by atoms with Crippen LogP contribution in [0.15, 0.2) is 53.3 Å². The summed E-state index contributed by atoms with van der Waals surface area (Å²) in [6.45, 7) is 2.43. The average molecular weight is 442 g/mol. The Morgan fingerprint density at radius 3 is 2.33 bits per heavy atom. The topological polar surface area (TPSA) is 59.3 Å². The van der Waals surface area contributed by atoms with Crippen LogP contribution >= 0.6 is 23.2 Å². The van der Waals surface area contributed by atoms with E-state index >= 15 is 0 Å². The lowest BCUT2D eigenvalue weighted by molar-refractivity contribution is 0.0695. The van der Waals surface area contributed by atoms with Gasteiger partial charge in [0.2, 0.25) is 0 Å². The van der Waals surface area contributed by atoms with E-state index in [4.69, 9.17) is 23.2 Å². The molecule has 0 atom stereocenters. The van der Waals surface area contributed by atoms with E-state index in [9.17, 15) is 14.7 Å². The van der Waals surface area contributed by atoms with Crippen LogP contribution in [0.3, 0.4) is 0 Å². The summed E-state index contributed by atoms with van der Waals surface area (Å²) < 4.78 is 1.87. The minimum atomic E-state index is -1.26. The second kappa shape index (κ2) is 8.29. The zero-order valence-electron chi connectivity index (χ0n) is 16.5. The van der Waals surface area contributed by atoms with Gasteiger partial charge in [0.05, 0.1) is 15.7 Å². The van der Waals surface area contributed by atoms with Gasteiger partial charge in [-0.05, 0) is 48.9 Å². The highest BCUT2D eigenvalue weighted by atomic mass is 35.5. The van der Waals surface area contributed by atoms with E-state index in [-0.39, 0.29) is 5.56 Å². The number of halogens is 2. The SMILES string of the molecule is CCn1c(Cc2ccc(C3CC3)cc2)cc(=O)c(C(=O)O)c1-c1ccc(Cl)c(Cl)c1. The highest BCUT2D eigenvalue weighted by molar-refractivity contribution is 6.42. The quantitative estimate of drug-likeness (QED) is 0.509. The molecule has 0 unspecified atom stereocenters. The van der Waals surface area contributed by atoms with E-state index in [1.807, 2.05) is 11.5 Å². The summed E-state index contributed by atoms with van der Waals surface area (Å²) in [6, 6.07) is 14.8. The van der Waals surface area contributed by atoms with Gasteiger partial charge in [-0.1, -0.05) is 53.5 Å². The van der Waals surface area contributed by atoms with Crippen LogP contribution in [-0.4, -0.2) is 15.6 Å². The highest BCUT2D eigenvalue weighted by Gasteiger charge is 2.24. The van der Waals surface area contributed by atoms with Gasteiger partial charge < -0.3 is 9.67 Å². The van der Waals surface area contributed by atoms with Crippen molar-refractivity contribution in [3.05, 3.63) is 91.2 Å². The Morgan fingerprint density at radius 2 is 1.77 bits per heavy atom. The van der Waals surface area contributed by atoms with E-state index in [2.05, 4.69) is 24.3 Å². The normalized spacial score (nSPS) is 13.4. The summed E-state index contributed by atoms with van der Waals surface area (Å²) in [5.74, 6) is -0.576. The number of rotatable bonds is 6. The lowest BCUT2D eigenvalue weighted by atomic mass is 10.00. The van der Waals surface area contributed by atoms with Gasteiger partial charge in [-0.2, -0.15) is 0 Å². The van der Waals surface area contributed by atoms with Crippen LogP contribution < -0.4 is 5.43 Å². The summed E-state index contributed by atoms with van der Waals surface area (Å²) in [6.07, 6.45) is 3.03. The molecule has 6 heteroatoms. The van der Waals surface area contributed by atoms with Crippen LogP contribution in [0.5, 0.6) is 0 Å². The number of nitrogens with zero attached hydrogens (tertiary/aromatic N) is 1. The molecule has 2 aromatic carbocycles. The first-order valence-corrected chi connectivity index (χ1v) is 10.7. The third-order valence-corrected chi connectivity index (χ3v) is 6.27. The third kappa shape index (κ3) is 4.03. The molecular weight excluding hydrogens is 421 g/mol. The van der Waals surface area contributed by atoms with E-state index in [1.165, 1.54) is 24.5 Å². The van der Waals surface area contributed by atoms with Gasteiger partial charge in [0.25, 0.3) is 0 Å². The number of benzene rings is 2. The van der Waals surface area contributed by atoms with Crippen LogP contribution in [0.2, 0.25) is 10.0 Å². The van der Waals surface area contributed by atoms with Crippen LogP contribution in [0, 0.1) is 0 Å². The second-order valence-electron chi connectivity index (χ2n) is 7.59. The van der Waals surface area contributed by atoms with Gasteiger partial charge >= 0.3 is 5.97 Å². The first-order chi connectivity index (χ1) is 14.4. The van der Waals surface area contributed by atoms with Crippen molar-refractivity contribution in [3.8, 4) is 11.3 Å². The molecule has 1 heterocycles. The zero-order chi connectivity index (χ0) is 21.4. The maximum Gasteiger partial charge on any atom is 0.341 e. The molecule has 1 aromatic heterocycles. The van der Waals surface area contributed by atoms with Crippen LogP contribution in [0.4, 0.5) is 0 Å². The lowest BCUT2D eigenvalue weighted by Crippen LogP contribution is -2.23. The summed E-state index contributed by atoms with van der Waals surface area (Å²) in [5, 5.41) is 10.4. The standard InChI is InChI=1S/C24H21Cl2NO3/c1-2-27-18(11-14-3-5-15(6-4-14)16-7-8-16)13-21(28)22(24(29)30)23(27)17-9-10-19(25)20(26)12-17/h3-6,9-10,12-13,16H,2,7-8,11H2,1H3,(H,29,30). The number of hydrogen-bond acceptors (Lipinski definition) is 2. The summed E-state index contributed by atoms with van der Waals surface area (Å²) in [5.41, 5.74) is 3.30. The second-order valence-corrected chi connectivity index (χ2v) is 8.41. The molecule has 30 heavy (non-hydrogen) atoms. The Morgan fingerprint density at radius 1 is 1.07 bits per heavy atom. The molecule has 0 bridgehead atoms. The molecule has 1 N–H and O–H groups in total. The maximum absolute atomic E-state index is 12.8. The number of hydrogen-bond donors (Lipinski definition) is 1. The molecule has 0 amide bonds. The van der Waals surface area contributed by atoms with Crippen molar-refractivity contribution in [2.45, 2.75) is 38.6 Å². The van der Waals surface area contributed by atoms with Crippen LogP contribution in [-0.2, 0) is 13.0 Å². The molecule has 1 saturated carbocycles. The first-order valence-electron chi connectivity index (χ1n) is 9.93. The van der Waals surface area contributed by atoms with Gasteiger partial charge in [-0.25, -0.2) is 4.79 Å². The van der Waals surface area contributed by atoms with E-state index in [0.29, 0.717) is 40.2 Å². The number of aromatic carboxylic acids is 1. The molecule has 1 aliphatic rings.